The van der Waals surface area contributed by atoms with Gasteiger partial charge in [-0.1, -0.05) is 0 Å². The average Bonchev–Trinajstić information content (AvgIpc) is 2.52. The number of anilines is 1. The predicted octanol–water partition coefficient (Wildman–Crippen LogP) is 0.808. The van der Waals surface area contributed by atoms with Gasteiger partial charge in [-0.3, -0.25) is 9.78 Å². The third-order valence-corrected chi connectivity index (χ3v) is 4.62. The molecule has 1 spiro atoms. The van der Waals surface area contributed by atoms with Crippen LogP contribution in [0, 0.1) is 6.92 Å². The summed E-state index contributed by atoms with van der Waals surface area (Å²) in [5.74, 6) is 0.532. The quantitative estimate of drug-likeness (QED) is 0.695. The number of aryl methyl sites for hydroxylation is 1. The van der Waals surface area contributed by atoms with E-state index < -0.39 is 0 Å². The summed E-state index contributed by atoms with van der Waals surface area (Å²) in [5, 5.41) is 6.75. The highest BCUT2D eigenvalue weighted by atomic mass is 16.5. The fourth-order valence-electron chi connectivity index (χ4n) is 3.41. The number of aromatic nitrogens is 2. The van der Waals surface area contributed by atoms with Crippen LogP contribution in [-0.2, 0) is 9.47 Å². The summed E-state index contributed by atoms with van der Waals surface area (Å²) in [6, 6.07) is 1.96. The molecule has 2 aliphatic heterocycles. The number of hydrogen-bond acceptors (Lipinski definition) is 6. The second-order valence-electron chi connectivity index (χ2n) is 6.45. The number of nitrogens with zero attached hydrogens (tertiary/aromatic N) is 1. The maximum absolute atomic E-state index is 11.4. The molecule has 1 aromatic rings. The molecule has 128 valence electrons. The first-order valence-electron chi connectivity index (χ1n) is 8.42. The van der Waals surface area contributed by atoms with Crippen LogP contribution < -0.4 is 16.2 Å². The molecule has 23 heavy (non-hydrogen) atoms. The van der Waals surface area contributed by atoms with Crippen molar-refractivity contribution in [1.29, 1.82) is 0 Å². The van der Waals surface area contributed by atoms with Crippen molar-refractivity contribution in [3.8, 4) is 0 Å². The first-order valence-corrected chi connectivity index (χ1v) is 8.42. The Labute approximate surface area is 136 Å². The first kappa shape index (κ1) is 16.4. The van der Waals surface area contributed by atoms with Gasteiger partial charge >= 0.3 is 0 Å². The summed E-state index contributed by atoms with van der Waals surface area (Å²) in [6.45, 7) is 5.79. The third-order valence-electron chi connectivity index (χ3n) is 4.62. The molecule has 1 unspecified atom stereocenters. The summed E-state index contributed by atoms with van der Waals surface area (Å²) in [7, 11) is 0. The first-order chi connectivity index (χ1) is 11.2. The number of H-pyrrole nitrogens is 1. The van der Waals surface area contributed by atoms with Crippen molar-refractivity contribution in [2.24, 2.45) is 0 Å². The summed E-state index contributed by atoms with van der Waals surface area (Å²) in [5.41, 5.74) is 0.610. The zero-order valence-electron chi connectivity index (χ0n) is 13.7. The minimum Gasteiger partial charge on any atom is -0.381 e. The molecule has 0 saturated carbocycles. The molecule has 1 atom stereocenters. The van der Waals surface area contributed by atoms with E-state index in [-0.39, 0.29) is 11.2 Å². The summed E-state index contributed by atoms with van der Waals surface area (Å²) in [6.07, 6.45) is 4.09. The molecule has 3 heterocycles. The Balaban J connectivity index is 1.42. The van der Waals surface area contributed by atoms with Gasteiger partial charge in [0, 0.05) is 50.7 Å². The highest BCUT2D eigenvalue weighted by molar-refractivity contribution is 5.24. The van der Waals surface area contributed by atoms with E-state index in [1.54, 1.807) is 0 Å². The molecule has 3 rings (SSSR count). The molecule has 7 nitrogen and oxygen atoms in total. The van der Waals surface area contributed by atoms with E-state index in [4.69, 9.17) is 9.47 Å². The zero-order chi connectivity index (χ0) is 16.1. The topological polar surface area (TPSA) is 88.3 Å². The summed E-state index contributed by atoms with van der Waals surface area (Å²) < 4.78 is 11.5. The minimum absolute atomic E-state index is 0.0188. The molecular weight excluding hydrogens is 296 g/mol. The van der Waals surface area contributed by atoms with E-state index in [0.717, 1.165) is 64.3 Å². The maximum Gasteiger partial charge on any atom is 0.252 e. The van der Waals surface area contributed by atoms with E-state index in [9.17, 15) is 4.79 Å². The standard InChI is InChI=1S/C16H26N4O3/c1-12-10-14(21)20-15(19-12)18-6-5-17-13-2-7-23-16(11-13)3-8-22-9-4-16/h10,13,17H,2-9,11H2,1H3,(H2,18,19,20,21). The predicted molar refractivity (Wildman–Crippen MR) is 87.8 cm³/mol. The van der Waals surface area contributed by atoms with Gasteiger partial charge in [0.1, 0.15) is 0 Å². The van der Waals surface area contributed by atoms with Gasteiger partial charge in [-0.05, 0) is 32.6 Å². The lowest BCUT2D eigenvalue weighted by molar-refractivity contribution is -0.140. The van der Waals surface area contributed by atoms with Crippen LogP contribution in [0.2, 0.25) is 0 Å². The molecular formula is C16H26N4O3. The van der Waals surface area contributed by atoms with Crippen molar-refractivity contribution in [3.05, 3.63) is 22.1 Å². The Morgan fingerprint density at radius 3 is 2.96 bits per heavy atom. The molecule has 3 N–H and O–H groups in total. The Morgan fingerprint density at radius 1 is 1.35 bits per heavy atom. The van der Waals surface area contributed by atoms with Crippen molar-refractivity contribution >= 4 is 5.95 Å². The fourth-order valence-corrected chi connectivity index (χ4v) is 3.41. The number of ether oxygens (including phenoxy) is 2. The fraction of sp³-hybridized carbons (Fsp3) is 0.750. The van der Waals surface area contributed by atoms with Crippen molar-refractivity contribution < 1.29 is 9.47 Å². The molecule has 7 heteroatoms. The molecule has 0 amide bonds. The smallest absolute Gasteiger partial charge is 0.252 e. The molecule has 0 aliphatic carbocycles. The lowest BCUT2D eigenvalue weighted by Crippen LogP contribution is -2.50. The van der Waals surface area contributed by atoms with E-state index in [0.29, 0.717) is 12.0 Å². The van der Waals surface area contributed by atoms with Crippen LogP contribution in [0.25, 0.3) is 0 Å². The van der Waals surface area contributed by atoms with Gasteiger partial charge in [-0.15, -0.1) is 0 Å². The lowest BCUT2D eigenvalue weighted by Gasteiger charge is -2.43. The van der Waals surface area contributed by atoms with Gasteiger partial charge < -0.3 is 20.1 Å². The van der Waals surface area contributed by atoms with Crippen molar-refractivity contribution in [1.82, 2.24) is 15.3 Å². The lowest BCUT2D eigenvalue weighted by atomic mass is 9.84. The van der Waals surface area contributed by atoms with Gasteiger partial charge in [-0.25, -0.2) is 4.98 Å². The number of aromatic amines is 1. The van der Waals surface area contributed by atoms with Crippen LogP contribution in [0.15, 0.2) is 10.9 Å². The number of hydrogen-bond donors (Lipinski definition) is 3. The van der Waals surface area contributed by atoms with Crippen LogP contribution >= 0.6 is 0 Å². The van der Waals surface area contributed by atoms with Crippen LogP contribution in [0.3, 0.4) is 0 Å². The largest absolute Gasteiger partial charge is 0.381 e. The van der Waals surface area contributed by atoms with E-state index >= 15 is 0 Å². The van der Waals surface area contributed by atoms with E-state index in [2.05, 4.69) is 20.6 Å². The Kier molecular flexibility index (Phi) is 5.30. The molecule has 2 aliphatic rings. The monoisotopic (exact) mass is 322 g/mol. The Hall–Kier alpha value is -1.44. The Morgan fingerprint density at radius 2 is 2.17 bits per heavy atom. The van der Waals surface area contributed by atoms with Crippen LogP contribution in [-0.4, -0.2) is 54.5 Å². The highest BCUT2D eigenvalue weighted by Crippen LogP contribution is 2.34. The molecule has 0 radical (unpaired) electrons. The van der Waals surface area contributed by atoms with Crippen molar-refractivity contribution in [3.63, 3.8) is 0 Å². The summed E-state index contributed by atoms with van der Waals surface area (Å²) >= 11 is 0. The molecule has 2 saturated heterocycles. The average molecular weight is 322 g/mol. The molecule has 0 aromatic carbocycles. The molecule has 2 fully saturated rings. The minimum atomic E-state index is -0.126. The SMILES string of the molecule is Cc1cc(=O)[nH]c(NCCNC2CCOC3(CCOCC3)C2)n1. The Bertz CT molecular complexity index is 563. The summed E-state index contributed by atoms with van der Waals surface area (Å²) in [4.78, 5) is 18.3. The van der Waals surface area contributed by atoms with E-state index in [1.165, 1.54) is 6.07 Å². The zero-order valence-corrected chi connectivity index (χ0v) is 13.7. The maximum atomic E-state index is 11.4. The van der Waals surface area contributed by atoms with Gasteiger partial charge in [0.2, 0.25) is 5.95 Å². The van der Waals surface area contributed by atoms with Crippen molar-refractivity contribution in [2.75, 3.05) is 38.2 Å². The number of rotatable bonds is 5. The molecule has 1 aromatic heterocycles. The van der Waals surface area contributed by atoms with Crippen molar-refractivity contribution in [2.45, 2.75) is 44.2 Å². The van der Waals surface area contributed by atoms with Gasteiger partial charge in [0.15, 0.2) is 0 Å². The molecule has 0 bridgehead atoms. The second-order valence-corrected chi connectivity index (χ2v) is 6.45. The van der Waals surface area contributed by atoms with Gasteiger partial charge in [-0.2, -0.15) is 0 Å². The highest BCUT2D eigenvalue weighted by Gasteiger charge is 2.38. The third kappa shape index (κ3) is 4.53. The van der Waals surface area contributed by atoms with E-state index in [1.807, 2.05) is 6.92 Å². The second kappa shape index (κ2) is 7.42. The van der Waals surface area contributed by atoms with Crippen LogP contribution in [0.4, 0.5) is 5.95 Å². The normalized spacial score (nSPS) is 23.8. The van der Waals surface area contributed by atoms with Gasteiger partial charge in [0.25, 0.3) is 5.56 Å². The number of nitrogens with one attached hydrogen (secondary N) is 3. The van der Waals surface area contributed by atoms with Gasteiger partial charge in [0.05, 0.1) is 5.60 Å². The van der Waals surface area contributed by atoms with Crippen LogP contribution in [0.1, 0.15) is 31.4 Å². The van der Waals surface area contributed by atoms with Crippen LogP contribution in [0.5, 0.6) is 0 Å².